The van der Waals surface area contributed by atoms with E-state index in [1.165, 1.54) is 0 Å². The van der Waals surface area contributed by atoms with Crippen molar-refractivity contribution in [2.24, 2.45) is 0 Å². The number of hydrogen-bond donors (Lipinski definition) is 0. The van der Waals surface area contributed by atoms with Crippen LogP contribution in [0.4, 0.5) is 0 Å². The molecule has 0 unspecified atom stereocenters. The number of hydrogen-bond acceptors (Lipinski definition) is 4. The van der Waals surface area contributed by atoms with E-state index < -0.39 is 27.8 Å². The zero-order valence-corrected chi connectivity index (χ0v) is 18.9. The van der Waals surface area contributed by atoms with E-state index in [1.54, 1.807) is 0 Å². The van der Waals surface area contributed by atoms with Gasteiger partial charge in [-0.1, -0.05) is 24.3 Å². The van der Waals surface area contributed by atoms with Crippen LogP contribution in [0.25, 0.3) is 0 Å². The molecular weight excluding hydrogens is 336 g/mol. The molecule has 1 rings (SSSR count). The van der Waals surface area contributed by atoms with Crippen LogP contribution in [0.15, 0.2) is 24.3 Å². The summed E-state index contributed by atoms with van der Waals surface area (Å²) in [6.07, 6.45) is 0. The lowest BCUT2D eigenvalue weighted by atomic mass is 9.85. The maximum Gasteiger partial charge on any atom is 0.230 e. The Labute approximate surface area is 149 Å². The Hall–Kier alpha value is -0.506. The fraction of sp³-hybridized carbons (Fsp3) is 0.667. The summed E-state index contributed by atoms with van der Waals surface area (Å²) < 4.78 is 11.4. The van der Waals surface area contributed by atoms with E-state index >= 15 is 0 Å². The minimum Gasteiger partial charge on any atom is -0.286 e. The highest BCUT2D eigenvalue weighted by molar-refractivity contribution is 6.69. The predicted molar refractivity (Wildman–Crippen MR) is 104 cm³/mol. The third kappa shape index (κ3) is 6.78. The van der Waals surface area contributed by atoms with Crippen molar-refractivity contribution in [3.8, 4) is 0 Å². The van der Waals surface area contributed by atoms with Gasteiger partial charge in [0.05, 0.1) is 0 Å². The fourth-order valence-corrected chi connectivity index (χ4v) is 3.00. The van der Waals surface area contributed by atoms with Crippen LogP contribution < -0.4 is 0 Å². The van der Waals surface area contributed by atoms with Crippen molar-refractivity contribution in [3.05, 3.63) is 35.4 Å². The van der Waals surface area contributed by atoms with E-state index in [1.807, 2.05) is 39.8 Å². The molecule has 0 aliphatic heterocycles. The highest BCUT2D eigenvalue weighted by Crippen LogP contribution is 2.36. The van der Waals surface area contributed by atoms with Crippen LogP contribution in [0, 0.1) is 0 Å². The second-order valence-electron chi connectivity index (χ2n) is 9.12. The molecule has 4 nitrogen and oxygen atoms in total. The van der Waals surface area contributed by atoms with Crippen LogP contribution in [0.3, 0.4) is 0 Å². The lowest BCUT2D eigenvalue weighted by Crippen LogP contribution is -2.36. The molecule has 1 aromatic rings. The molecule has 24 heavy (non-hydrogen) atoms. The molecule has 0 aliphatic carbocycles. The highest BCUT2D eigenvalue weighted by atomic mass is 28.4. The van der Waals surface area contributed by atoms with E-state index in [0.717, 1.165) is 11.1 Å². The van der Waals surface area contributed by atoms with Gasteiger partial charge in [-0.05, 0) is 78.1 Å². The quantitative estimate of drug-likeness (QED) is 0.333. The summed E-state index contributed by atoms with van der Waals surface area (Å²) in [7, 11) is -3.55. The molecule has 0 bridgehead atoms. The van der Waals surface area contributed by atoms with Crippen LogP contribution in [0.1, 0.15) is 38.8 Å². The van der Waals surface area contributed by atoms with Gasteiger partial charge in [0.15, 0.2) is 0 Å². The summed E-state index contributed by atoms with van der Waals surface area (Å²) in [5.41, 5.74) is 0.896. The molecule has 0 heterocycles. The standard InChI is InChI=1S/C18H34O4Si2/c1-17(2,19-21-23(5,6)7)15-13-11-12-14-16(15)18(3,4)20-22-24(8,9)10/h11-14H,1-10H3. The Kier molecular flexibility index (Phi) is 6.63. The molecule has 0 amide bonds. The molecule has 1 aromatic carbocycles. The van der Waals surface area contributed by atoms with Gasteiger partial charge in [0, 0.05) is 0 Å². The van der Waals surface area contributed by atoms with Gasteiger partial charge < -0.3 is 0 Å². The monoisotopic (exact) mass is 370 g/mol. The van der Waals surface area contributed by atoms with Crippen molar-refractivity contribution in [2.45, 2.75) is 78.2 Å². The van der Waals surface area contributed by atoms with E-state index in [-0.39, 0.29) is 0 Å². The lowest BCUT2D eigenvalue weighted by molar-refractivity contribution is -0.305. The first-order valence-electron chi connectivity index (χ1n) is 8.48. The Morgan fingerprint density at radius 3 is 1.17 bits per heavy atom. The molecule has 0 saturated carbocycles. The van der Waals surface area contributed by atoms with Gasteiger partial charge in [0.2, 0.25) is 16.6 Å². The van der Waals surface area contributed by atoms with Crippen molar-refractivity contribution in [1.82, 2.24) is 0 Å². The van der Waals surface area contributed by atoms with Crippen molar-refractivity contribution in [3.63, 3.8) is 0 Å². The highest BCUT2D eigenvalue weighted by Gasteiger charge is 2.35. The van der Waals surface area contributed by atoms with E-state index in [4.69, 9.17) is 18.9 Å². The van der Waals surface area contributed by atoms with Gasteiger partial charge in [-0.25, -0.2) is 9.78 Å². The summed E-state index contributed by atoms with van der Waals surface area (Å²) >= 11 is 0. The van der Waals surface area contributed by atoms with E-state index in [2.05, 4.69) is 51.4 Å². The summed E-state index contributed by atoms with van der Waals surface area (Å²) in [5, 5.41) is 0. The normalized spacial score (nSPS) is 14.1. The zero-order valence-electron chi connectivity index (χ0n) is 16.9. The van der Waals surface area contributed by atoms with E-state index in [0.29, 0.717) is 0 Å². The summed E-state index contributed by atoms with van der Waals surface area (Å²) in [5.74, 6) is 0. The third-order valence-corrected chi connectivity index (χ3v) is 4.39. The zero-order chi connectivity index (χ0) is 18.8. The van der Waals surface area contributed by atoms with E-state index in [9.17, 15) is 0 Å². The Morgan fingerprint density at radius 2 is 0.917 bits per heavy atom. The largest absolute Gasteiger partial charge is 0.286 e. The van der Waals surface area contributed by atoms with Crippen LogP contribution in [0.2, 0.25) is 39.3 Å². The lowest BCUT2D eigenvalue weighted by Gasteiger charge is -2.35. The first-order chi connectivity index (χ1) is 10.6. The van der Waals surface area contributed by atoms with Crippen LogP contribution in [0.5, 0.6) is 0 Å². The van der Waals surface area contributed by atoms with Crippen LogP contribution in [-0.2, 0) is 30.1 Å². The van der Waals surface area contributed by atoms with Gasteiger partial charge >= 0.3 is 0 Å². The smallest absolute Gasteiger partial charge is 0.230 e. The van der Waals surface area contributed by atoms with Crippen LogP contribution >= 0.6 is 0 Å². The molecule has 0 spiro atoms. The third-order valence-electron chi connectivity index (χ3n) is 3.22. The van der Waals surface area contributed by atoms with Crippen LogP contribution in [-0.4, -0.2) is 16.6 Å². The van der Waals surface area contributed by atoms with Gasteiger partial charge in [-0.15, -0.1) is 0 Å². The SMILES string of the molecule is CC(C)(OO[Si](C)(C)C)c1ccccc1C(C)(C)OO[Si](C)(C)C. The molecule has 0 fully saturated rings. The molecule has 138 valence electrons. The van der Waals surface area contributed by atoms with Crippen molar-refractivity contribution >= 4 is 16.6 Å². The molecular formula is C18H34O4Si2. The van der Waals surface area contributed by atoms with Crippen molar-refractivity contribution < 1.29 is 18.9 Å². The second kappa shape index (κ2) is 7.39. The van der Waals surface area contributed by atoms with Gasteiger partial charge in [0.1, 0.15) is 11.2 Å². The molecule has 0 radical (unpaired) electrons. The average molecular weight is 371 g/mol. The fourth-order valence-electron chi connectivity index (χ4n) is 2.08. The molecule has 0 aliphatic rings. The Balaban J connectivity index is 3.10. The summed E-state index contributed by atoms with van der Waals surface area (Å²) in [4.78, 5) is 11.7. The molecule has 0 atom stereocenters. The summed E-state index contributed by atoms with van der Waals surface area (Å²) in [6.45, 7) is 20.7. The van der Waals surface area contributed by atoms with Crippen molar-refractivity contribution in [1.29, 1.82) is 0 Å². The maximum absolute atomic E-state index is 5.84. The molecule has 6 heteroatoms. The molecule has 0 saturated heterocycles. The maximum atomic E-state index is 5.84. The number of rotatable bonds is 8. The topological polar surface area (TPSA) is 36.9 Å². The Bertz CT molecular complexity index is 494. The van der Waals surface area contributed by atoms with Gasteiger partial charge in [-0.3, -0.25) is 9.15 Å². The average Bonchev–Trinajstić information content (AvgIpc) is 2.42. The molecule has 0 N–H and O–H groups in total. The minimum atomic E-state index is -1.78. The van der Waals surface area contributed by atoms with Gasteiger partial charge in [0.25, 0.3) is 0 Å². The predicted octanol–water partition coefficient (Wildman–Crippen LogP) is 5.72. The Morgan fingerprint density at radius 1 is 0.625 bits per heavy atom. The first kappa shape index (κ1) is 21.5. The number of benzene rings is 1. The minimum absolute atomic E-state index is 0.587. The second-order valence-corrected chi connectivity index (χ2v) is 17.9. The van der Waals surface area contributed by atoms with Gasteiger partial charge in [-0.2, -0.15) is 0 Å². The first-order valence-corrected chi connectivity index (χ1v) is 15.3. The molecule has 0 aromatic heterocycles. The summed E-state index contributed by atoms with van der Waals surface area (Å²) in [6, 6.07) is 8.13. The van der Waals surface area contributed by atoms with Crippen molar-refractivity contribution in [2.75, 3.05) is 0 Å².